The van der Waals surface area contributed by atoms with E-state index >= 15 is 0 Å². The van der Waals surface area contributed by atoms with Crippen LogP contribution >= 0.6 is 0 Å². The number of aliphatic hydroxyl groups is 1. The van der Waals surface area contributed by atoms with Gasteiger partial charge in [0.2, 0.25) is 5.91 Å². The number of carbonyl (C=O) groups excluding carboxylic acids is 1. The molecule has 0 aliphatic heterocycles. The number of hydrogen-bond acceptors (Lipinski definition) is 3. The third-order valence-corrected chi connectivity index (χ3v) is 4.45. The summed E-state index contributed by atoms with van der Waals surface area (Å²) in [5, 5.41) is 13.2. The van der Waals surface area contributed by atoms with E-state index in [1.54, 1.807) is 13.2 Å². The molecular formula is C19H21NO3. The maximum absolute atomic E-state index is 12.5. The van der Waals surface area contributed by atoms with Gasteiger partial charge >= 0.3 is 0 Å². The number of rotatable bonds is 6. The highest BCUT2D eigenvalue weighted by Gasteiger charge is 2.51. The van der Waals surface area contributed by atoms with Gasteiger partial charge in [0.1, 0.15) is 5.75 Å². The third-order valence-electron chi connectivity index (χ3n) is 4.45. The Kier molecular flexibility index (Phi) is 4.35. The van der Waals surface area contributed by atoms with E-state index in [0.29, 0.717) is 5.75 Å². The minimum Gasteiger partial charge on any atom is -0.497 e. The van der Waals surface area contributed by atoms with Gasteiger partial charge in [-0.15, -0.1) is 0 Å². The van der Waals surface area contributed by atoms with Crippen molar-refractivity contribution in [2.24, 2.45) is 0 Å². The molecule has 1 aliphatic carbocycles. The van der Waals surface area contributed by atoms with Crippen LogP contribution in [-0.4, -0.2) is 24.7 Å². The minimum atomic E-state index is -0.749. The first-order chi connectivity index (χ1) is 11.2. The normalized spacial score (nSPS) is 16.4. The first kappa shape index (κ1) is 15.6. The Morgan fingerprint density at radius 3 is 2.61 bits per heavy atom. The van der Waals surface area contributed by atoms with Gasteiger partial charge in [-0.1, -0.05) is 42.5 Å². The van der Waals surface area contributed by atoms with Gasteiger partial charge in [0.05, 0.1) is 18.6 Å². The van der Waals surface area contributed by atoms with Crippen molar-refractivity contribution in [1.29, 1.82) is 0 Å². The molecule has 0 spiro atoms. The van der Waals surface area contributed by atoms with E-state index in [1.165, 1.54) is 0 Å². The summed E-state index contributed by atoms with van der Waals surface area (Å²) in [7, 11) is 1.59. The average Bonchev–Trinajstić information content (AvgIpc) is 3.42. The number of ether oxygens (including phenoxy) is 1. The molecule has 0 bridgehead atoms. The van der Waals surface area contributed by atoms with Crippen LogP contribution in [0.1, 0.15) is 30.1 Å². The van der Waals surface area contributed by atoms with E-state index in [1.807, 2.05) is 48.5 Å². The third kappa shape index (κ3) is 3.22. The van der Waals surface area contributed by atoms with Crippen molar-refractivity contribution in [1.82, 2.24) is 5.32 Å². The molecule has 1 aliphatic rings. The topological polar surface area (TPSA) is 58.6 Å². The highest BCUT2D eigenvalue weighted by Crippen LogP contribution is 2.48. The fourth-order valence-electron chi connectivity index (χ4n) is 2.85. The standard InChI is InChI=1S/C19H21NO3/c1-23-16-9-5-6-14(12-16)17(21)13-20-18(22)19(10-11-19)15-7-3-2-4-8-15/h2-9,12,17,21H,10-11,13H2,1H3,(H,20,22). The molecule has 1 saturated carbocycles. The lowest BCUT2D eigenvalue weighted by atomic mass is 9.95. The van der Waals surface area contributed by atoms with E-state index in [4.69, 9.17) is 4.74 Å². The van der Waals surface area contributed by atoms with Crippen molar-refractivity contribution in [3.63, 3.8) is 0 Å². The van der Waals surface area contributed by atoms with Gasteiger partial charge in [0.25, 0.3) is 0 Å². The van der Waals surface area contributed by atoms with E-state index in [0.717, 1.165) is 24.0 Å². The largest absolute Gasteiger partial charge is 0.497 e. The van der Waals surface area contributed by atoms with Crippen molar-refractivity contribution < 1.29 is 14.6 Å². The molecule has 2 aromatic carbocycles. The van der Waals surface area contributed by atoms with Crippen LogP contribution in [0, 0.1) is 0 Å². The van der Waals surface area contributed by atoms with Gasteiger partial charge in [-0.05, 0) is 36.1 Å². The smallest absolute Gasteiger partial charge is 0.230 e. The molecule has 0 heterocycles. The average molecular weight is 311 g/mol. The lowest BCUT2D eigenvalue weighted by Gasteiger charge is -2.18. The van der Waals surface area contributed by atoms with Crippen molar-refractivity contribution >= 4 is 5.91 Å². The van der Waals surface area contributed by atoms with E-state index in [-0.39, 0.29) is 12.5 Å². The zero-order valence-corrected chi connectivity index (χ0v) is 13.2. The van der Waals surface area contributed by atoms with Gasteiger partial charge in [0.15, 0.2) is 0 Å². The molecule has 0 radical (unpaired) electrons. The summed E-state index contributed by atoms with van der Waals surface area (Å²) in [5.41, 5.74) is 1.37. The van der Waals surface area contributed by atoms with Crippen LogP contribution in [0.4, 0.5) is 0 Å². The highest BCUT2D eigenvalue weighted by atomic mass is 16.5. The van der Waals surface area contributed by atoms with Crippen LogP contribution in [0.5, 0.6) is 5.75 Å². The maximum atomic E-state index is 12.5. The quantitative estimate of drug-likeness (QED) is 0.862. The van der Waals surface area contributed by atoms with Crippen molar-refractivity contribution in [2.75, 3.05) is 13.7 Å². The molecule has 1 fully saturated rings. The number of benzene rings is 2. The zero-order valence-electron chi connectivity index (χ0n) is 13.2. The fraction of sp³-hybridized carbons (Fsp3) is 0.316. The summed E-state index contributed by atoms with van der Waals surface area (Å²) in [5.74, 6) is 0.682. The van der Waals surface area contributed by atoms with Gasteiger partial charge in [0, 0.05) is 6.54 Å². The summed E-state index contributed by atoms with van der Waals surface area (Å²) in [6.07, 6.45) is 0.969. The van der Waals surface area contributed by atoms with E-state index in [2.05, 4.69) is 5.32 Å². The summed E-state index contributed by atoms with van der Waals surface area (Å²) < 4.78 is 5.15. The molecule has 2 aromatic rings. The number of methoxy groups -OCH3 is 1. The van der Waals surface area contributed by atoms with E-state index < -0.39 is 11.5 Å². The minimum absolute atomic E-state index is 0.00866. The molecule has 4 nitrogen and oxygen atoms in total. The summed E-state index contributed by atoms with van der Waals surface area (Å²) in [4.78, 5) is 12.5. The summed E-state index contributed by atoms with van der Waals surface area (Å²) >= 11 is 0. The van der Waals surface area contributed by atoms with Crippen LogP contribution in [0.15, 0.2) is 54.6 Å². The van der Waals surface area contributed by atoms with Gasteiger partial charge in [-0.2, -0.15) is 0 Å². The second-order valence-corrected chi connectivity index (χ2v) is 5.95. The van der Waals surface area contributed by atoms with Gasteiger partial charge in [-0.3, -0.25) is 4.79 Å². The predicted molar refractivity (Wildman–Crippen MR) is 88.3 cm³/mol. The number of aliphatic hydroxyl groups excluding tert-OH is 1. The van der Waals surface area contributed by atoms with E-state index in [9.17, 15) is 9.90 Å². The Balaban J connectivity index is 1.63. The van der Waals surface area contributed by atoms with Crippen LogP contribution in [0.3, 0.4) is 0 Å². The Morgan fingerprint density at radius 2 is 1.96 bits per heavy atom. The summed E-state index contributed by atoms with van der Waals surface area (Å²) in [6, 6.07) is 17.1. The molecule has 1 atom stereocenters. The number of carbonyl (C=O) groups is 1. The van der Waals surface area contributed by atoms with Crippen molar-refractivity contribution in [3.8, 4) is 5.75 Å². The Bertz CT molecular complexity index is 680. The molecule has 23 heavy (non-hydrogen) atoms. The van der Waals surface area contributed by atoms with Crippen LogP contribution in [-0.2, 0) is 10.2 Å². The van der Waals surface area contributed by atoms with Crippen LogP contribution < -0.4 is 10.1 Å². The lowest BCUT2D eigenvalue weighted by Crippen LogP contribution is -2.37. The first-order valence-electron chi connectivity index (χ1n) is 7.81. The second-order valence-electron chi connectivity index (χ2n) is 5.95. The van der Waals surface area contributed by atoms with Crippen LogP contribution in [0.25, 0.3) is 0 Å². The zero-order chi connectivity index (χ0) is 16.3. The van der Waals surface area contributed by atoms with Crippen molar-refractivity contribution in [2.45, 2.75) is 24.4 Å². The van der Waals surface area contributed by atoms with Gasteiger partial charge < -0.3 is 15.2 Å². The van der Waals surface area contributed by atoms with Crippen LogP contribution in [0.2, 0.25) is 0 Å². The number of nitrogens with one attached hydrogen (secondary N) is 1. The Hall–Kier alpha value is -2.33. The molecule has 2 N–H and O–H groups in total. The molecule has 0 aromatic heterocycles. The highest BCUT2D eigenvalue weighted by molar-refractivity contribution is 5.91. The Morgan fingerprint density at radius 1 is 1.22 bits per heavy atom. The fourth-order valence-corrected chi connectivity index (χ4v) is 2.85. The second kappa shape index (κ2) is 6.42. The summed E-state index contributed by atoms with van der Waals surface area (Å²) in [6.45, 7) is 0.195. The SMILES string of the molecule is COc1cccc(C(O)CNC(=O)C2(c3ccccc3)CC2)c1. The Labute approximate surface area is 136 Å². The monoisotopic (exact) mass is 311 g/mol. The molecule has 0 saturated heterocycles. The predicted octanol–water partition coefficient (Wildman–Crippen LogP) is 2.58. The molecule has 4 heteroatoms. The maximum Gasteiger partial charge on any atom is 0.230 e. The molecule has 3 rings (SSSR count). The molecule has 1 unspecified atom stereocenters. The molecule has 1 amide bonds. The number of hydrogen-bond donors (Lipinski definition) is 2. The number of amides is 1. The molecular weight excluding hydrogens is 290 g/mol. The van der Waals surface area contributed by atoms with Crippen molar-refractivity contribution in [3.05, 3.63) is 65.7 Å². The van der Waals surface area contributed by atoms with Gasteiger partial charge in [-0.25, -0.2) is 0 Å². The lowest BCUT2D eigenvalue weighted by molar-refractivity contribution is -0.124. The molecule has 120 valence electrons. The first-order valence-corrected chi connectivity index (χ1v) is 7.81.